The fourth-order valence-corrected chi connectivity index (χ4v) is 4.17. The molecule has 1 aliphatic rings. The SMILES string of the molecule is Clc1nc(NC2CCNCC2)c2cc(-c3ccccc3)sc2n1. The quantitative estimate of drug-likeness (QED) is 0.700. The molecule has 3 aromatic rings. The highest BCUT2D eigenvalue weighted by Crippen LogP contribution is 2.36. The van der Waals surface area contributed by atoms with Crippen LogP contribution in [0.25, 0.3) is 20.7 Å². The van der Waals surface area contributed by atoms with Gasteiger partial charge in [-0.2, -0.15) is 0 Å². The lowest BCUT2D eigenvalue weighted by atomic mass is 10.1. The Bertz CT molecular complexity index is 812. The summed E-state index contributed by atoms with van der Waals surface area (Å²) in [5.41, 5.74) is 1.19. The molecule has 1 aliphatic heterocycles. The summed E-state index contributed by atoms with van der Waals surface area (Å²) in [6.07, 6.45) is 2.19. The van der Waals surface area contributed by atoms with Gasteiger partial charge in [-0.15, -0.1) is 11.3 Å². The summed E-state index contributed by atoms with van der Waals surface area (Å²) in [5.74, 6) is 0.852. The lowest BCUT2D eigenvalue weighted by Crippen LogP contribution is -2.35. The number of aromatic nitrogens is 2. The second-order valence-electron chi connectivity index (χ2n) is 5.71. The normalized spacial score (nSPS) is 15.9. The number of fused-ring (bicyclic) bond motifs is 1. The Morgan fingerprint density at radius 1 is 1.13 bits per heavy atom. The first-order valence-corrected chi connectivity index (χ1v) is 8.99. The molecule has 0 spiro atoms. The highest BCUT2D eigenvalue weighted by Gasteiger charge is 2.17. The van der Waals surface area contributed by atoms with Crippen LogP contribution >= 0.6 is 22.9 Å². The van der Waals surface area contributed by atoms with E-state index in [9.17, 15) is 0 Å². The van der Waals surface area contributed by atoms with Crippen LogP contribution in [-0.2, 0) is 0 Å². The van der Waals surface area contributed by atoms with E-state index in [1.807, 2.05) is 18.2 Å². The molecule has 0 saturated carbocycles. The molecule has 23 heavy (non-hydrogen) atoms. The number of thiophene rings is 1. The number of halogens is 1. The minimum Gasteiger partial charge on any atom is -0.367 e. The van der Waals surface area contributed by atoms with Crippen LogP contribution < -0.4 is 10.6 Å². The molecule has 1 fully saturated rings. The Labute approximate surface area is 143 Å². The number of anilines is 1. The Morgan fingerprint density at radius 3 is 2.70 bits per heavy atom. The summed E-state index contributed by atoms with van der Waals surface area (Å²) in [4.78, 5) is 10.9. The molecule has 4 rings (SSSR count). The standard InChI is InChI=1S/C17H17ClN4S/c18-17-21-15(20-12-6-8-19-9-7-12)13-10-14(23-16(13)22-17)11-4-2-1-3-5-11/h1-5,10,12,19H,6-9H2,(H,20,21,22). The van der Waals surface area contributed by atoms with E-state index in [2.05, 4.69) is 38.8 Å². The third-order valence-corrected chi connectivity index (χ3v) is 5.35. The first-order valence-electron chi connectivity index (χ1n) is 7.79. The van der Waals surface area contributed by atoms with Gasteiger partial charge in [-0.3, -0.25) is 0 Å². The van der Waals surface area contributed by atoms with Crippen LogP contribution in [-0.4, -0.2) is 29.1 Å². The van der Waals surface area contributed by atoms with Crippen molar-refractivity contribution < 1.29 is 0 Å². The molecule has 4 nitrogen and oxygen atoms in total. The zero-order valence-electron chi connectivity index (χ0n) is 12.6. The zero-order valence-corrected chi connectivity index (χ0v) is 14.1. The Hall–Kier alpha value is -1.69. The maximum Gasteiger partial charge on any atom is 0.225 e. The molecule has 3 heterocycles. The van der Waals surface area contributed by atoms with E-state index in [1.54, 1.807) is 11.3 Å². The van der Waals surface area contributed by atoms with E-state index < -0.39 is 0 Å². The molecule has 0 atom stereocenters. The number of nitrogens with zero attached hydrogens (tertiary/aromatic N) is 2. The molecular formula is C17H17ClN4S. The molecule has 0 aliphatic carbocycles. The predicted octanol–water partition coefficient (Wildman–Crippen LogP) is 4.18. The Balaban J connectivity index is 1.73. The molecule has 0 radical (unpaired) electrons. The molecule has 1 saturated heterocycles. The van der Waals surface area contributed by atoms with Crippen LogP contribution in [0, 0.1) is 0 Å². The molecule has 2 N–H and O–H groups in total. The van der Waals surface area contributed by atoms with Gasteiger partial charge in [-0.1, -0.05) is 30.3 Å². The van der Waals surface area contributed by atoms with Gasteiger partial charge in [0.05, 0.1) is 5.39 Å². The fourth-order valence-electron chi connectivity index (χ4n) is 2.91. The Morgan fingerprint density at radius 2 is 1.91 bits per heavy atom. The lowest BCUT2D eigenvalue weighted by molar-refractivity contribution is 0.478. The van der Waals surface area contributed by atoms with Crippen molar-refractivity contribution >= 4 is 39.0 Å². The number of hydrogen-bond donors (Lipinski definition) is 2. The van der Waals surface area contributed by atoms with Gasteiger partial charge in [0, 0.05) is 10.9 Å². The lowest BCUT2D eigenvalue weighted by Gasteiger charge is -2.24. The second kappa shape index (κ2) is 6.43. The molecule has 2 aromatic heterocycles. The molecule has 1 aromatic carbocycles. The molecule has 0 unspecified atom stereocenters. The van der Waals surface area contributed by atoms with Crippen LogP contribution in [0.1, 0.15) is 12.8 Å². The van der Waals surface area contributed by atoms with Gasteiger partial charge in [-0.05, 0) is 49.2 Å². The average Bonchev–Trinajstić information content (AvgIpc) is 3.01. The van der Waals surface area contributed by atoms with E-state index in [0.29, 0.717) is 11.3 Å². The number of piperidine rings is 1. The molecular weight excluding hydrogens is 328 g/mol. The van der Waals surface area contributed by atoms with Crippen LogP contribution in [0.2, 0.25) is 5.28 Å². The first-order chi connectivity index (χ1) is 11.3. The largest absolute Gasteiger partial charge is 0.367 e. The van der Waals surface area contributed by atoms with Gasteiger partial charge in [0.1, 0.15) is 10.6 Å². The highest BCUT2D eigenvalue weighted by molar-refractivity contribution is 7.22. The zero-order chi connectivity index (χ0) is 15.6. The van der Waals surface area contributed by atoms with Crippen LogP contribution in [0.3, 0.4) is 0 Å². The van der Waals surface area contributed by atoms with Crippen molar-refractivity contribution in [2.75, 3.05) is 18.4 Å². The summed E-state index contributed by atoms with van der Waals surface area (Å²) in [7, 11) is 0. The van der Waals surface area contributed by atoms with Crippen LogP contribution in [0.15, 0.2) is 36.4 Å². The molecule has 6 heteroatoms. The topological polar surface area (TPSA) is 49.8 Å². The first kappa shape index (κ1) is 14.9. The third kappa shape index (κ3) is 3.17. The van der Waals surface area contributed by atoms with Crippen molar-refractivity contribution in [3.05, 3.63) is 41.7 Å². The maximum absolute atomic E-state index is 6.13. The van der Waals surface area contributed by atoms with E-state index in [1.165, 1.54) is 10.4 Å². The predicted molar refractivity (Wildman–Crippen MR) is 97.4 cm³/mol. The summed E-state index contributed by atoms with van der Waals surface area (Å²) in [6, 6.07) is 12.9. The minimum absolute atomic E-state index is 0.301. The van der Waals surface area contributed by atoms with Gasteiger partial charge in [0.2, 0.25) is 5.28 Å². The summed E-state index contributed by atoms with van der Waals surface area (Å²) < 4.78 is 0. The molecule has 0 amide bonds. The van der Waals surface area contributed by atoms with E-state index in [0.717, 1.165) is 42.0 Å². The number of hydrogen-bond acceptors (Lipinski definition) is 5. The molecule has 118 valence electrons. The van der Waals surface area contributed by atoms with Crippen molar-refractivity contribution in [3.63, 3.8) is 0 Å². The van der Waals surface area contributed by atoms with Crippen molar-refractivity contribution in [1.29, 1.82) is 0 Å². The third-order valence-electron chi connectivity index (χ3n) is 4.10. The smallest absolute Gasteiger partial charge is 0.225 e. The van der Waals surface area contributed by atoms with Crippen molar-refractivity contribution in [2.24, 2.45) is 0 Å². The average molecular weight is 345 g/mol. The summed E-state index contributed by atoms with van der Waals surface area (Å²) in [6.45, 7) is 2.08. The fraction of sp³-hybridized carbons (Fsp3) is 0.294. The monoisotopic (exact) mass is 344 g/mol. The van der Waals surface area contributed by atoms with Crippen molar-refractivity contribution in [2.45, 2.75) is 18.9 Å². The number of rotatable bonds is 3. The van der Waals surface area contributed by atoms with E-state index in [-0.39, 0.29) is 0 Å². The van der Waals surface area contributed by atoms with Crippen molar-refractivity contribution in [3.8, 4) is 10.4 Å². The van der Waals surface area contributed by atoms with Gasteiger partial charge in [0.25, 0.3) is 0 Å². The Kier molecular flexibility index (Phi) is 4.16. The van der Waals surface area contributed by atoms with Gasteiger partial charge < -0.3 is 10.6 Å². The molecule has 0 bridgehead atoms. The minimum atomic E-state index is 0.301. The summed E-state index contributed by atoms with van der Waals surface area (Å²) in [5, 5.41) is 8.29. The van der Waals surface area contributed by atoms with E-state index >= 15 is 0 Å². The van der Waals surface area contributed by atoms with Crippen LogP contribution in [0.5, 0.6) is 0 Å². The van der Waals surface area contributed by atoms with Gasteiger partial charge >= 0.3 is 0 Å². The van der Waals surface area contributed by atoms with Gasteiger partial charge in [-0.25, -0.2) is 9.97 Å². The summed E-state index contributed by atoms with van der Waals surface area (Å²) >= 11 is 7.78. The maximum atomic E-state index is 6.13. The van der Waals surface area contributed by atoms with Gasteiger partial charge in [0.15, 0.2) is 0 Å². The second-order valence-corrected chi connectivity index (χ2v) is 7.07. The van der Waals surface area contributed by atoms with Crippen molar-refractivity contribution in [1.82, 2.24) is 15.3 Å². The van der Waals surface area contributed by atoms with Crippen LogP contribution in [0.4, 0.5) is 5.82 Å². The highest BCUT2D eigenvalue weighted by atomic mass is 35.5. The number of nitrogens with one attached hydrogen (secondary N) is 2. The number of benzene rings is 1. The van der Waals surface area contributed by atoms with E-state index in [4.69, 9.17) is 11.6 Å².